The molecule has 260 valence electrons. The van der Waals surface area contributed by atoms with E-state index >= 15 is 0 Å². The van der Waals surface area contributed by atoms with Gasteiger partial charge in [0.1, 0.15) is 0 Å². The van der Waals surface area contributed by atoms with Gasteiger partial charge in [-0.1, -0.05) is 99.8 Å². The monoisotopic (exact) mass is 670 g/mol. The summed E-state index contributed by atoms with van der Waals surface area (Å²) in [4.78, 5) is 0. The molecule has 0 unspecified atom stereocenters. The standard InChI is InChI=1S/C41H62N2.2CH3.Ni/c1-8-15-18-23-35-30-40(36-26-31(19-11-4)38(24-16-9-2)32(27-36)20-12-5)43(42)41(35)37-28-33(21-13-6)39(25-17-10-3)34(29-37)22-14-7;;;/h26-30H,8-25H2,1-7H3;2*1H3;/q;2*-1;+2. The minimum atomic E-state index is 0. The maximum Gasteiger partial charge on any atom is 2.00 e. The third-order valence-corrected chi connectivity index (χ3v) is 9.18. The fourth-order valence-corrected chi connectivity index (χ4v) is 7.02. The van der Waals surface area contributed by atoms with E-state index in [1.165, 1.54) is 90.3 Å². The molecule has 0 fully saturated rings. The number of allylic oxidation sites excluding steroid dienone is 2. The molecule has 0 atom stereocenters. The first-order valence-corrected chi connectivity index (χ1v) is 18.2. The summed E-state index contributed by atoms with van der Waals surface area (Å²) in [6, 6.07) is 9.69. The van der Waals surface area contributed by atoms with Crippen LogP contribution in [-0.4, -0.2) is 4.70 Å². The molecule has 0 saturated carbocycles. The van der Waals surface area contributed by atoms with E-state index in [1.807, 2.05) is 0 Å². The maximum atomic E-state index is 12.1. The van der Waals surface area contributed by atoms with Crippen LogP contribution in [0.4, 0.5) is 0 Å². The molecule has 0 aliphatic carbocycles. The van der Waals surface area contributed by atoms with E-state index in [4.69, 9.17) is 0 Å². The second-order valence-corrected chi connectivity index (χ2v) is 12.9. The van der Waals surface area contributed by atoms with Crippen molar-refractivity contribution in [2.75, 3.05) is 0 Å². The van der Waals surface area contributed by atoms with E-state index in [0.29, 0.717) is 0 Å². The van der Waals surface area contributed by atoms with Crippen LogP contribution < -0.4 is 0 Å². The SMILES string of the molecule is CCCCCC1=C(c2cc(CCC)c(CCCC)c(CCC)c2)[N+](=[N-])C(c2cc(CCC)c(CCCC)c(CCC)c2)=C1.[CH3-].[CH3-].[Ni+2]. The van der Waals surface area contributed by atoms with Crippen LogP contribution in [0.2, 0.25) is 0 Å². The smallest absolute Gasteiger partial charge is 0.493 e. The van der Waals surface area contributed by atoms with Gasteiger partial charge in [-0.15, -0.1) is 0 Å². The molecule has 3 rings (SSSR count). The second kappa shape index (κ2) is 23.4. The molecule has 46 heavy (non-hydrogen) atoms. The maximum absolute atomic E-state index is 12.1. The summed E-state index contributed by atoms with van der Waals surface area (Å²) >= 11 is 0. The average Bonchev–Trinajstić information content (AvgIpc) is 3.32. The summed E-state index contributed by atoms with van der Waals surface area (Å²) in [5, 5.41) is 0. The summed E-state index contributed by atoms with van der Waals surface area (Å²) in [7, 11) is 0. The fraction of sp³-hybridized carbons (Fsp3) is 0.581. The molecule has 0 aromatic heterocycles. The molecule has 1 aliphatic heterocycles. The van der Waals surface area contributed by atoms with Gasteiger partial charge in [0, 0.05) is 22.8 Å². The molecular formula is C43H68N2Ni. The Morgan fingerprint density at radius 1 is 0.478 bits per heavy atom. The zero-order chi connectivity index (χ0) is 31.2. The Kier molecular flexibility index (Phi) is 22.3. The average molecular weight is 672 g/mol. The Labute approximate surface area is 296 Å². The number of benzene rings is 2. The minimum Gasteiger partial charge on any atom is -0.493 e. The van der Waals surface area contributed by atoms with Gasteiger partial charge in [-0.2, -0.15) is 0 Å². The Bertz CT molecular complexity index is 1210. The Hall–Kier alpha value is -1.99. The molecule has 2 aromatic carbocycles. The molecule has 2 nitrogen and oxygen atoms in total. The van der Waals surface area contributed by atoms with Crippen molar-refractivity contribution in [2.24, 2.45) is 0 Å². The first kappa shape index (κ1) is 44.0. The Balaban J connectivity index is 0.00000675. The summed E-state index contributed by atoms with van der Waals surface area (Å²) in [6.45, 7) is 16.0. The predicted molar refractivity (Wildman–Crippen MR) is 202 cm³/mol. The van der Waals surface area contributed by atoms with Gasteiger partial charge in [0.15, 0.2) is 0 Å². The summed E-state index contributed by atoms with van der Waals surface area (Å²) in [5.41, 5.74) is 26.9. The van der Waals surface area contributed by atoms with Gasteiger partial charge in [-0.05, 0) is 122 Å². The largest absolute Gasteiger partial charge is 2.00 e. The molecule has 0 radical (unpaired) electrons. The molecule has 0 amide bonds. The summed E-state index contributed by atoms with van der Waals surface area (Å²) < 4.78 is 1.57. The van der Waals surface area contributed by atoms with Crippen molar-refractivity contribution in [3.63, 3.8) is 0 Å². The third-order valence-electron chi connectivity index (χ3n) is 9.18. The van der Waals surface area contributed by atoms with Crippen LogP contribution in [0.3, 0.4) is 0 Å². The molecule has 1 aliphatic rings. The van der Waals surface area contributed by atoms with Gasteiger partial charge in [0.25, 0.3) is 0 Å². The molecule has 1 heterocycles. The van der Waals surface area contributed by atoms with Crippen molar-refractivity contribution in [1.82, 2.24) is 0 Å². The number of aryl methyl sites for hydroxylation is 4. The molecule has 0 bridgehead atoms. The van der Waals surface area contributed by atoms with E-state index in [0.717, 1.165) is 75.6 Å². The van der Waals surface area contributed by atoms with E-state index in [9.17, 15) is 5.53 Å². The molecule has 3 heteroatoms. The number of nitrogens with zero attached hydrogens (tertiary/aromatic N) is 2. The van der Waals surface area contributed by atoms with Crippen LogP contribution in [0.15, 0.2) is 35.9 Å². The zero-order valence-corrected chi connectivity index (χ0v) is 32.3. The van der Waals surface area contributed by atoms with Gasteiger partial charge in [-0.25, -0.2) is 4.70 Å². The van der Waals surface area contributed by atoms with Gasteiger partial charge >= 0.3 is 16.5 Å². The number of hydrogen-bond acceptors (Lipinski definition) is 0. The Morgan fingerprint density at radius 3 is 1.24 bits per heavy atom. The summed E-state index contributed by atoms with van der Waals surface area (Å²) in [5.74, 6) is 0. The van der Waals surface area contributed by atoms with Gasteiger partial charge < -0.3 is 20.4 Å². The molecular weight excluding hydrogens is 603 g/mol. The van der Waals surface area contributed by atoms with Crippen LogP contribution in [0.1, 0.15) is 170 Å². The van der Waals surface area contributed by atoms with E-state index in [2.05, 4.69) is 78.8 Å². The molecule has 0 saturated heterocycles. The predicted octanol–water partition coefficient (Wildman–Crippen LogP) is 13.5. The second-order valence-electron chi connectivity index (χ2n) is 12.9. The topological polar surface area (TPSA) is 25.3 Å². The van der Waals surface area contributed by atoms with E-state index in [-0.39, 0.29) is 31.3 Å². The van der Waals surface area contributed by atoms with Crippen LogP contribution in [-0.2, 0) is 55.0 Å². The van der Waals surface area contributed by atoms with Crippen molar-refractivity contribution >= 4 is 11.4 Å². The third kappa shape index (κ3) is 11.3. The van der Waals surface area contributed by atoms with Crippen molar-refractivity contribution in [3.05, 3.63) is 101 Å². The van der Waals surface area contributed by atoms with Crippen LogP contribution in [0.5, 0.6) is 0 Å². The van der Waals surface area contributed by atoms with Crippen molar-refractivity contribution in [2.45, 2.75) is 164 Å². The van der Waals surface area contributed by atoms with E-state index in [1.54, 1.807) is 15.8 Å². The molecule has 0 N–H and O–H groups in total. The number of unbranched alkanes of at least 4 members (excludes halogenated alkanes) is 4. The van der Waals surface area contributed by atoms with Gasteiger partial charge in [0.05, 0.1) is 0 Å². The quantitative estimate of drug-likeness (QED) is 0.0579. The zero-order valence-electron chi connectivity index (χ0n) is 31.3. The minimum absolute atomic E-state index is 0. The fourth-order valence-electron chi connectivity index (χ4n) is 7.02. The summed E-state index contributed by atoms with van der Waals surface area (Å²) in [6.07, 6.45) is 23.2. The van der Waals surface area contributed by atoms with Crippen molar-refractivity contribution < 1.29 is 21.2 Å². The van der Waals surface area contributed by atoms with Crippen molar-refractivity contribution in [3.8, 4) is 0 Å². The van der Waals surface area contributed by atoms with Crippen molar-refractivity contribution in [1.29, 1.82) is 0 Å². The first-order valence-electron chi connectivity index (χ1n) is 18.2. The van der Waals surface area contributed by atoms with E-state index < -0.39 is 0 Å². The van der Waals surface area contributed by atoms with Gasteiger partial charge in [-0.3, -0.25) is 0 Å². The van der Waals surface area contributed by atoms with Crippen LogP contribution >= 0.6 is 0 Å². The molecule has 0 spiro atoms. The van der Waals surface area contributed by atoms with Gasteiger partial charge in [0.2, 0.25) is 11.4 Å². The first-order chi connectivity index (χ1) is 21.0. The Morgan fingerprint density at radius 2 is 0.870 bits per heavy atom. The molecule has 2 aromatic rings. The number of hydrogen-bond donors (Lipinski definition) is 0. The van der Waals surface area contributed by atoms with Crippen LogP contribution in [0, 0.1) is 14.9 Å². The van der Waals surface area contributed by atoms with Crippen LogP contribution in [0.25, 0.3) is 16.9 Å². The number of rotatable bonds is 20. The normalized spacial score (nSPS) is 12.5.